The molecule has 0 heterocycles. The number of rotatable bonds is 4. The third kappa shape index (κ3) is 2.82. The zero-order valence-electron chi connectivity index (χ0n) is 10.1. The van der Waals surface area contributed by atoms with Crippen molar-refractivity contribution in [3.63, 3.8) is 0 Å². The van der Waals surface area contributed by atoms with Crippen molar-refractivity contribution in [1.82, 2.24) is 0 Å². The van der Waals surface area contributed by atoms with Crippen LogP contribution in [0.15, 0.2) is 42.5 Å². The molecule has 2 aromatic carbocycles. The predicted molar refractivity (Wildman–Crippen MR) is 72.6 cm³/mol. The van der Waals surface area contributed by atoms with Crippen molar-refractivity contribution >= 4 is 11.6 Å². The number of ether oxygens (including phenoxy) is 1. The minimum Gasteiger partial charge on any atom is -0.494 e. The van der Waals surface area contributed by atoms with Gasteiger partial charge in [-0.15, -0.1) is 11.6 Å². The highest BCUT2D eigenvalue weighted by Crippen LogP contribution is 2.26. The Labute approximate surface area is 111 Å². The minimum absolute atomic E-state index is 0.243. The van der Waals surface area contributed by atoms with E-state index in [1.54, 1.807) is 12.1 Å². The van der Waals surface area contributed by atoms with E-state index in [9.17, 15) is 4.39 Å². The molecule has 0 saturated heterocycles. The lowest BCUT2D eigenvalue weighted by molar-refractivity contribution is 0.340. The van der Waals surface area contributed by atoms with Crippen LogP contribution in [0.1, 0.15) is 12.5 Å². The fraction of sp³-hybridized carbons (Fsp3) is 0.200. The van der Waals surface area contributed by atoms with Crippen LogP contribution in [0.4, 0.5) is 4.39 Å². The summed E-state index contributed by atoms with van der Waals surface area (Å²) in [6, 6.07) is 12.3. The number of benzene rings is 2. The largest absolute Gasteiger partial charge is 0.494 e. The summed E-state index contributed by atoms with van der Waals surface area (Å²) in [7, 11) is 0. The lowest BCUT2D eigenvalue weighted by Gasteiger charge is -2.07. The van der Waals surface area contributed by atoms with E-state index in [0.717, 1.165) is 16.9 Å². The Kier molecular flexibility index (Phi) is 4.21. The van der Waals surface area contributed by atoms with Crippen LogP contribution in [-0.4, -0.2) is 6.61 Å². The molecular formula is C15H14ClFO. The van der Waals surface area contributed by atoms with E-state index in [4.69, 9.17) is 16.3 Å². The van der Waals surface area contributed by atoms with Gasteiger partial charge < -0.3 is 4.74 Å². The van der Waals surface area contributed by atoms with Gasteiger partial charge in [-0.1, -0.05) is 18.2 Å². The normalized spacial score (nSPS) is 10.4. The van der Waals surface area contributed by atoms with E-state index in [2.05, 4.69) is 0 Å². The van der Waals surface area contributed by atoms with E-state index in [1.807, 2.05) is 31.2 Å². The van der Waals surface area contributed by atoms with Gasteiger partial charge in [-0.2, -0.15) is 0 Å². The van der Waals surface area contributed by atoms with Gasteiger partial charge in [0.1, 0.15) is 11.6 Å². The molecule has 0 atom stereocenters. The average molecular weight is 265 g/mol. The molecule has 18 heavy (non-hydrogen) atoms. The molecule has 94 valence electrons. The first kappa shape index (κ1) is 12.9. The lowest BCUT2D eigenvalue weighted by atomic mass is 10.0. The summed E-state index contributed by atoms with van der Waals surface area (Å²) in [6.07, 6.45) is 0. The molecule has 0 radical (unpaired) electrons. The molecule has 0 bridgehead atoms. The van der Waals surface area contributed by atoms with Gasteiger partial charge in [0, 0.05) is 11.4 Å². The van der Waals surface area contributed by atoms with Crippen LogP contribution < -0.4 is 4.74 Å². The van der Waals surface area contributed by atoms with Crippen molar-refractivity contribution in [1.29, 1.82) is 0 Å². The fourth-order valence-corrected chi connectivity index (χ4v) is 1.94. The quantitative estimate of drug-likeness (QED) is 0.732. The summed E-state index contributed by atoms with van der Waals surface area (Å²) in [4.78, 5) is 0. The first-order valence-electron chi connectivity index (χ1n) is 5.82. The van der Waals surface area contributed by atoms with Gasteiger partial charge in [-0.05, 0) is 42.3 Å². The van der Waals surface area contributed by atoms with E-state index < -0.39 is 0 Å². The van der Waals surface area contributed by atoms with Gasteiger partial charge in [0.2, 0.25) is 0 Å². The molecule has 2 aromatic rings. The first-order chi connectivity index (χ1) is 8.74. The Bertz CT molecular complexity index is 523. The number of alkyl halides is 1. The second-order valence-corrected chi connectivity index (χ2v) is 4.17. The Morgan fingerprint density at radius 3 is 2.44 bits per heavy atom. The van der Waals surface area contributed by atoms with Crippen LogP contribution in [0, 0.1) is 5.82 Å². The van der Waals surface area contributed by atoms with Crippen LogP contribution in [-0.2, 0) is 5.88 Å². The van der Waals surface area contributed by atoms with Crippen LogP contribution in [0.25, 0.3) is 11.1 Å². The Balaban J connectivity index is 2.35. The number of halogens is 2. The third-order valence-electron chi connectivity index (χ3n) is 2.66. The molecular weight excluding hydrogens is 251 g/mol. The zero-order valence-corrected chi connectivity index (χ0v) is 10.9. The summed E-state index contributed by atoms with van der Waals surface area (Å²) < 4.78 is 19.1. The summed E-state index contributed by atoms with van der Waals surface area (Å²) in [5.41, 5.74) is 2.29. The highest BCUT2D eigenvalue weighted by atomic mass is 35.5. The van der Waals surface area contributed by atoms with Crippen LogP contribution in [0.3, 0.4) is 0 Å². The molecule has 0 aromatic heterocycles. The second kappa shape index (κ2) is 5.87. The monoisotopic (exact) mass is 264 g/mol. The number of hydrogen-bond donors (Lipinski definition) is 0. The smallest absolute Gasteiger partial charge is 0.131 e. The van der Waals surface area contributed by atoms with Gasteiger partial charge in [0.05, 0.1) is 6.61 Å². The molecule has 0 amide bonds. The van der Waals surface area contributed by atoms with Gasteiger partial charge in [-0.3, -0.25) is 0 Å². The lowest BCUT2D eigenvalue weighted by Crippen LogP contribution is -1.91. The van der Waals surface area contributed by atoms with Gasteiger partial charge in [0.15, 0.2) is 0 Å². The van der Waals surface area contributed by atoms with Crippen molar-refractivity contribution in [3.8, 4) is 16.9 Å². The predicted octanol–water partition coefficient (Wildman–Crippen LogP) is 4.63. The van der Waals surface area contributed by atoms with Crippen LogP contribution in [0.2, 0.25) is 0 Å². The summed E-state index contributed by atoms with van der Waals surface area (Å²) in [6.45, 7) is 2.55. The molecule has 1 nitrogen and oxygen atoms in total. The van der Waals surface area contributed by atoms with E-state index >= 15 is 0 Å². The van der Waals surface area contributed by atoms with Gasteiger partial charge in [0.25, 0.3) is 0 Å². The van der Waals surface area contributed by atoms with Crippen molar-refractivity contribution in [3.05, 3.63) is 53.8 Å². The standard InChI is InChI=1S/C15H14ClFO/c1-2-18-13-6-4-12(5-7-13)14-9-11(10-16)3-8-15(14)17/h3-9H,2,10H2,1H3. The molecule has 0 unspecified atom stereocenters. The number of hydrogen-bond acceptors (Lipinski definition) is 1. The van der Waals surface area contributed by atoms with Gasteiger partial charge >= 0.3 is 0 Å². The van der Waals surface area contributed by atoms with Crippen molar-refractivity contribution in [2.75, 3.05) is 6.61 Å². The van der Waals surface area contributed by atoms with Crippen LogP contribution in [0.5, 0.6) is 5.75 Å². The molecule has 0 fully saturated rings. The average Bonchev–Trinajstić information content (AvgIpc) is 2.41. The Morgan fingerprint density at radius 2 is 1.83 bits per heavy atom. The Morgan fingerprint density at radius 1 is 1.11 bits per heavy atom. The molecule has 0 N–H and O–H groups in total. The topological polar surface area (TPSA) is 9.23 Å². The molecule has 0 aliphatic heterocycles. The van der Waals surface area contributed by atoms with E-state index in [1.165, 1.54) is 6.07 Å². The molecule has 3 heteroatoms. The van der Waals surface area contributed by atoms with Gasteiger partial charge in [-0.25, -0.2) is 4.39 Å². The van der Waals surface area contributed by atoms with Crippen molar-refractivity contribution in [2.24, 2.45) is 0 Å². The van der Waals surface area contributed by atoms with Crippen molar-refractivity contribution in [2.45, 2.75) is 12.8 Å². The molecule has 0 spiro atoms. The zero-order chi connectivity index (χ0) is 13.0. The fourth-order valence-electron chi connectivity index (χ4n) is 1.77. The third-order valence-corrected chi connectivity index (χ3v) is 2.97. The van der Waals surface area contributed by atoms with E-state index in [0.29, 0.717) is 18.1 Å². The highest BCUT2D eigenvalue weighted by Gasteiger charge is 2.06. The first-order valence-corrected chi connectivity index (χ1v) is 6.35. The summed E-state index contributed by atoms with van der Waals surface area (Å²) >= 11 is 5.76. The maximum atomic E-state index is 13.8. The highest BCUT2D eigenvalue weighted by molar-refractivity contribution is 6.17. The maximum Gasteiger partial charge on any atom is 0.131 e. The van der Waals surface area contributed by atoms with E-state index in [-0.39, 0.29) is 5.82 Å². The molecule has 2 rings (SSSR count). The molecule has 0 saturated carbocycles. The summed E-state index contributed by atoms with van der Waals surface area (Å²) in [5.74, 6) is 0.924. The molecule has 0 aliphatic carbocycles. The second-order valence-electron chi connectivity index (χ2n) is 3.91. The maximum absolute atomic E-state index is 13.8. The molecule has 0 aliphatic rings. The Hall–Kier alpha value is -1.54. The SMILES string of the molecule is CCOc1ccc(-c2cc(CCl)ccc2F)cc1. The minimum atomic E-state index is -0.243. The van der Waals surface area contributed by atoms with Crippen molar-refractivity contribution < 1.29 is 9.13 Å². The van der Waals surface area contributed by atoms with Crippen LogP contribution >= 0.6 is 11.6 Å². The summed E-state index contributed by atoms with van der Waals surface area (Å²) in [5, 5.41) is 0.